The molecule has 22 heavy (non-hydrogen) atoms. The van der Waals surface area contributed by atoms with Gasteiger partial charge in [-0.3, -0.25) is 0 Å². The molecule has 1 heterocycles. The average molecular weight is 292 g/mol. The second-order valence-electron chi connectivity index (χ2n) is 5.27. The van der Waals surface area contributed by atoms with Gasteiger partial charge in [0.05, 0.1) is 11.4 Å². The molecule has 3 rings (SSSR count). The van der Waals surface area contributed by atoms with Crippen molar-refractivity contribution in [1.82, 2.24) is 9.78 Å². The summed E-state index contributed by atoms with van der Waals surface area (Å²) in [5.41, 5.74) is 4.72. The zero-order valence-electron chi connectivity index (χ0n) is 12.4. The fourth-order valence-corrected chi connectivity index (χ4v) is 2.34. The Hall–Kier alpha value is -2.88. The smallest absolute Gasteiger partial charge is 0.354 e. The highest BCUT2D eigenvalue weighted by atomic mass is 16.4. The van der Waals surface area contributed by atoms with Gasteiger partial charge in [-0.15, -0.1) is 0 Å². The summed E-state index contributed by atoms with van der Waals surface area (Å²) in [4.78, 5) is 11.5. The van der Waals surface area contributed by atoms with Gasteiger partial charge in [-0.2, -0.15) is 5.10 Å². The van der Waals surface area contributed by atoms with Crippen LogP contribution < -0.4 is 0 Å². The number of hydrogen-bond acceptors (Lipinski definition) is 2. The Morgan fingerprint density at radius 1 is 1.00 bits per heavy atom. The Balaban J connectivity index is 2.16. The molecule has 110 valence electrons. The summed E-state index contributed by atoms with van der Waals surface area (Å²) < 4.78 is 1.48. The topological polar surface area (TPSA) is 55.1 Å². The molecule has 0 saturated carbocycles. The zero-order valence-corrected chi connectivity index (χ0v) is 12.4. The molecule has 0 spiro atoms. The Kier molecular flexibility index (Phi) is 3.51. The normalized spacial score (nSPS) is 10.6. The van der Waals surface area contributed by atoms with Gasteiger partial charge >= 0.3 is 5.97 Å². The molecular weight excluding hydrogens is 276 g/mol. The molecule has 3 aromatic rings. The molecule has 4 nitrogen and oxygen atoms in total. The Morgan fingerprint density at radius 3 is 2.36 bits per heavy atom. The Labute approximate surface area is 128 Å². The standard InChI is InChI=1S/C18H16N2O2/c1-12-8-9-15(10-13(12)2)20-17(18(21)22)11-16(19-20)14-6-4-3-5-7-14/h3-11H,1-2H3,(H,21,22). The first kappa shape index (κ1) is 14.1. The van der Waals surface area contributed by atoms with Crippen LogP contribution in [0.25, 0.3) is 16.9 Å². The van der Waals surface area contributed by atoms with E-state index in [1.54, 1.807) is 6.07 Å². The van der Waals surface area contributed by atoms with E-state index in [4.69, 9.17) is 0 Å². The molecule has 0 radical (unpaired) electrons. The third-order valence-electron chi connectivity index (χ3n) is 3.73. The number of hydrogen-bond donors (Lipinski definition) is 1. The summed E-state index contributed by atoms with van der Waals surface area (Å²) >= 11 is 0. The molecule has 0 aliphatic rings. The molecular formula is C18H16N2O2. The van der Waals surface area contributed by atoms with Gasteiger partial charge in [0.1, 0.15) is 0 Å². The molecule has 0 bridgehead atoms. The maximum Gasteiger partial charge on any atom is 0.354 e. The Morgan fingerprint density at radius 2 is 1.73 bits per heavy atom. The van der Waals surface area contributed by atoms with Crippen molar-refractivity contribution in [3.05, 3.63) is 71.4 Å². The summed E-state index contributed by atoms with van der Waals surface area (Å²) in [5, 5.41) is 13.9. The summed E-state index contributed by atoms with van der Waals surface area (Å²) in [6, 6.07) is 17.0. The van der Waals surface area contributed by atoms with E-state index in [0.29, 0.717) is 5.69 Å². The molecule has 4 heteroatoms. The molecule has 1 aromatic heterocycles. The average Bonchev–Trinajstić information content (AvgIpc) is 2.96. The first-order valence-electron chi connectivity index (χ1n) is 7.02. The van der Waals surface area contributed by atoms with Crippen LogP contribution in [-0.4, -0.2) is 20.9 Å². The molecule has 0 fully saturated rings. The van der Waals surface area contributed by atoms with Gasteiger partial charge in [0.2, 0.25) is 0 Å². The number of carbonyl (C=O) groups is 1. The highest BCUT2D eigenvalue weighted by Crippen LogP contribution is 2.22. The van der Waals surface area contributed by atoms with Gasteiger partial charge in [-0.1, -0.05) is 36.4 Å². The lowest BCUT2D eigenvalue weighted by atomic mass is 10.1. The van der Waals surface area contributed by atoms with Gasteiger partial charge in [0, 0.05) is 5.56 Å². The fourth-order valence-electron chi connectivity index (χ4n) is 2.34. The third kappa shape index (κ3) is 2.51. The van der Waals surface area contributed by atoms with E-state index in [1.165, 1.54) is 4.68 Å². The van der Waals surface area contributed by atoms with Gasteiger partial charge in [0.25, 0.3) is 0 Å². The molecule has 0 saturated heterocycles. The summed E-state index contributed by atoms with van der Waals surface area (Å²) in [5.74, 6) is -0.993. The van der Waals surface area contributed by atoms with Crippen molar-refractivity contribution < 1.29 is 9.90 Å². The van der Waals surface area contributed by atoms with Crippen molar-refractivity contribution in [1.29, 1.82) is 0 Å². The van der Waals surface area contributed by atoms with Gasteiger partial charge in [-0.05, 0) is 43.2 Å². The second-order valence-corrected chi connectivity index (χ2v) is 5.27. The van der Waals surface area contributed by atoms with E-state index < -0.39 is 5.97 Å². The third-order valence-corrected chi connectivity index (χ3v) is 3.73. The predicted molar refractivity (Wildman–Crippen MR) is 85.4 cm³/mol. The van der Waals surface area contributed by atoms with Crippen LogP contribution in [0.3, 0.4) is 0 Å². The molecule has 0 unspecified atom stereocenters. The van der Waals surface area contributed by atoms with Crippen molar-refractivity contribution in [2.75, 3.05) is 0 Å². The summed E-state index contributed by atoms with van der Waals surface area (Å²) in [7, 11) is 0. The number of carboxylic acids is 1. The van der Waals surface area contributed by atoms with E-state index in [0.717, 1.165) is 22.4 Å². The first-order chi connectivity index (χ1) is 10.6. The van der Waals surface area contributed by atoms with Crippen molar-refractivity contribution in [3.63, 3.8) is 0 Å². The van der Waals surface area contributed by atoms with Crippen LogP contribution in [0.15, 0.2) is 54.6 Å². The van der Waals surface area contributed by atoms with Crippen LogP contribution in [0, 0.1) is 13.8 Å². The zero-order chi connectivity index (χ0) is 15.7. The van der Waals surface area contributed by atoms with E-state index in [-0.39, 0.29) is 5.69 Å². The van der Waals surface area contributed by atoms with Gasteiger partial charge in [-0.25, -0.2) is 9.48 Å². The minimum atomic E-state index is -0.993. The maximum atomic E-state index is 11.5. The van der Waals surface area contributed by atoms with Crippen LogP contribution in [0.4, 0.5) is 0 Å². The summed E-state index contributed by atoms with van der Waals surface area (Å²) in [6.45, 7) is 4.02. The van der Waals surface area contributed by atoms with Gasteiger partial charge < -0.3 is 5.11 Å². The lowest BCUT2D eigenvalue weighted by molar-refractivity contribution is 0.0687. The van der Waals surface area contributed by atoms with Crippen molar-refractivity contribution in [3.8, 4) is 16.9 Å². The highest BCUT2D eigenvalue weighted by molar-refractivity contribution is 5.88. The number of nitrogens with zero attached hydrogens (tertiary/aromatic N) is 2. The van der Waals surface area contributed by atoms with Crippen LogP contribution in [0.1, 0.15) is 21.6 Å². The van der Waals surface area contributed by atoms with Crippen LogP contribution in [0.2, 0.25) is 0 Å². The monoisotopic (exact) mass is 292 g/mol. The largest absolute Gasteiger partial charge is 0.477 e. The second kappa shape index (κ2) is 5.48. The first-order valence-corrected chi connectivity index (χ1v) is 7.02. The minimum Gasteiger partial charge on any atom is -0.477 e. The van der Waals surface area contributed by atoms with Crippen molar-refractivity contribution in [2.45, 2.75) is 13.8 Å². The lowest BCUT2D eigenvalue weighted by Crippen LogP contribution is -2.08. The lowest BCUT2D eigenvalue weighted by Gasteiger charge is -2.07. The van der Waals surface area contributed by atoms with E-state index in [9.17, 15) is 9.90 Å². The SMILES string of the molecule is Cc1ccc(-n2nc(-c3ccccc3)cc2C(=O)O)cc1C. The predicted octanol–water partition coefficient (Wildman–Crippen LogP) is 3.85. The summed E-state index contributed by atoms with van der Waals surface area (Å²) in [6.07, 6.45) is 0. The number of benzene rings is 2. The molecule has 0 aliphatic heterocycles. The molecule has 1 N–H and O–H groups in total. The molecule has 2 aromatic carbocycles. The van der Waals surface area contributed by atoms with Gasteiger partial charge in [0.15, 0.2) is 5.69 Å². The number of aryl methyl sites for hydroxylation is 2. The van der Waals surface area contributed by atoms with Crippen LogP contribution in [-0.2, 0) is 0 Å². The molecule has 0 amide bonds. The Bertz CT molecular complexity index is 836. The molecule has 0 aliphatic carbocycles. The van der Waals surface area contributed by atoms with Crippen LogP contribution in [0.5, 0.6) is 0 Å². The van der Waals surface area contributed by atoms with Crippen LogP contribution >= 0.6 is 0 Å². The maximum absolute atomic E-state index is 11.5. The van der Waals surface area contributed by atoms with E-state index in [1.807, 2.05) is 62.4 Å². The number of carboxylic acid groups (broad SMARTS) is 1. The molecule has 0 atom stereocenters. The number of aromatic nitrogens is 2. The highest BCUT2D eigenvalue weighted by Gasteiger charge is 2.16. The number of aromatic carboxylic acids is 1. The van der Waals surface area contributed by atoms with E-state index in [2.05, 4.69) is 5.10 Å². The van der Waals surface area contributed by atoms with E-state index >= 15 is 0 Å². The van der Waals surface area contributed by atoms with Crippen molar-refractivity contribution in [2.24, 2.45) is 0 Å². The van der Waals surface area contributed by atoms with Crippen molar-refractivity contribution >= 4 is 5.97 Å². The number of rotatable bonds is 3. The minimum absolute atomic E-state index is 0.155. The fraction of sp³-hybridized carbons (Fsp3) is 0.111. The quantitative estimate of drug-likeness (QED) is 0.797.